The number of hydrogen-bond acceptors (Lipinski definition) is 4. The van der Waals surface area contributed by atoms with Crippen molar-refractivity contribution >= 4 is 15.9 Å². The van der Waals surface area contributed by atoms with E-state index in [-0.39, 0.29) is 24.1 Å². The lowest BCUT2D eigenvalue weighted by molar-refractivity contribution is -0.131. The van der Waals surface area contributed by atoms with Gasteiger partial charge in [-0.05, 0) is 19.4 Å². The first-order valence-electron chi connectivity index (χ1n) is 6.45. The lowest BCUT2D eigenvalue weighted by atomic mass is 10.2. The number of likely N-dealkylation sites (N-methyl/N-ethyl adjacent to an activating group) is 1. The van der Waals surface area contributed by atoms with Crippen molar-refractivity contribution < 1.29 is 13.2 Å². The summed E-state index contributed by atoms with van der Waals surface area (Å²) in [5.41, 5.74) is 0. The highest BCUT2D eigenvalue weighted by atomic mass is 32.2. The number of hydrogen-bond donors (Lipinski definition) is 1. The normalized spacial score (nSPS) is 27.5. The van der Waals surface area contributed by atoms with Crippen LogP contribution in [0, 0.1) is 0 Å². The fraction of sp³-hybridized carbons (Fsp3) is 0.909. The first-order valence-corrected chi connectivity index (χ1v) is 8.06. The molecule has 1 unspecified atom stereocenters. The molecule has 2 rings (SSSR count). The molecule has 1 amide bonds. The molecule has 104 valence electrons. The smallest absolute Gasteiger partial charge is 0.223 e. The highest BCUT2D eigenvalue weighted by Gasteiger charge is 2.29. The molecule has 0 spiro atoms. The van der Waals surface area contributed by atoms with Crippen molar-refractivity contribution in [3.05, 3.63) is 0 Å². The van der Waals surface area contributed by atoms with Gasteiger partial charge in [0.2, 0.25) is 15.9 Å². The van der Waals surface area contributed by atoms with E-state index in [9.17, 15) is 13.2 Å². The van der Waals surface area contributed by atoms with Gasteiger partial charge in [0.1, 0.15) is 0 Å². The molecular weight excluding hydrogens is 254 g/mol. The van der Waals surface area contributed by atoms with Gasteiger partial charge in [0.25, 0.3) is 0 Å². The maximum Gasteiger partial charge on any atom is 0.223 e. The maximum atomic E-state index is 12.0. The number of carbonyl (C=O) groups excluding carboxylic acids is 1. The van der Waals surface area contributed by atoms with Gasteiger partial charge in [0.05, 0.1) is 5.75 Å². The van der Waals surface area contributed by atoms with Crippen LogP contribution < -0.4 is 5.32 Å². The summed E-state index contributed by atoms with van der Waals surface area (Å²) in [4.78, 5) is 13.7. The molecule has 2 aliphatic rings. The molecule has 2 aliphatic heterocycles. The quantitative estimate of drug-likeness (QED) is 0.731. The molecule has 0 aromatic rings. The molecule has 1 N–H and O–H groups in total. The largest absolute Gasteiger partial charge is 0.341 e. The predicted molar refractivity (Wildman–Crippen MR) is 68.6 cm³/mol. The summed E-state index contributed by atoms with van der Waals surface area (Å²) in [6.45, 7) is 2.67. The highest BCUT2D eigenvalue weighted by molar-refractivity contribution is 7.89. The molecular formula is C11H21N3O3S. The molecule has 0 radical (unpaired) electrons. The van der Waals surface area contributed by atoms with E-state index in [1.54, 1.807) is 11.9 Å². The van der Waals surface area contributed by atoms with Crippen molar-refractivity contribution in [1.29, 1.82) is 0 Å². The second-order valence-corrected chi connectivity index (χ2v) is 7.06. The molecule has 0 aliphatic carbocycles. The van der Waals surface area contributed by atoms with Crippen LogP contribution in [0.3, 0.4) is 0 Å². The van der Waals surface area contributed by atoms with E-state index < -0.39 is 10.0 Å². The lowest BCUT2D eigenvalue weighted by Crippen LogP contribution is -2.40. The van der Waals surface area contributed by atoms with E-state index in [0.29, 0.717) is 19.5 Å². The van der Waals surface area contributed by atoms with E-state index in [4.69, 9.17) is 0 Å². The van der Waals surface area contributed by atoms with Crippen molar-refractivity contribution in [2.45, 2.75) is 25.3 Å². The van der Waals surface area contributed by atoms with Gasteiger partial charge in [-0.3, -0.25) is 4.79 Å². The number of sulfonamides is 1. The maximum absolute atomic E-state index is 12.0. The van der Waals surface area contributed by atoms with Gasteiger partial charge in [-0.25, -0.2) is 12.7 Å². The second kappa shape index (κ2) is 5.54. The van der Waals surface area contributed by atoms with Gasteiger partial charge in [-0.1, -0.05) is 0 Å². The Morgan fingerprint density at radius 3 is 2.83 bits per heavy atom. The Morgan fingerprint density at radius 2 is 2.28 bits per heavy atom. The van der Waals surface area contributed by atoms with Gasteiger partial charge in [0, 0.05) is 39.1 Å². The zero-order chi connectivity index (χ0) is 13.2. The number of carbonyl (C=O) groups is 1. The minimum atomic E-state index is -3.08. The van der Waals surface area contributed by atoms with Crippen LogP contribution in [0.5, 0.6) is 0 Å². The molecule has 2 saturated heterocycles. The van der Waals surface area contributed by atoms with Crippen LogP contribution in [0.25, 0.3) is 0 Å². The van der Waals surface area contributed by atoms with Crippen LogP contribution in [0.1, 0.15) is 19.3 Å². The molecule has 7 heteroatoms. The van der Waals surface area contributed by atoms with Crippen molar-refractivity contribution in [3.63, 3.8) is 0 Å². The summed E-state index contributed by atoms with van der Waals surface area (Å²) in [6.07, 6.45) is 1.94. The van der Waals surface area contributed by atoms with E-state index in [1.165, 1.54) is 4.31 Å². The van der Waals surface area contributed by atoms with Crippen molar-refractivity contribution in [3.8, 4) is 0 Å². The summed E-state index contributed by atoms with van der Waals surface area (Å²) in [6, 6.07) is 0.257. The molecule has 2 fully saturated rings. The Kier molecular flexibility index (Phi) is 4.24. The minimum Gasteiger partial charge on any atom is -0.341 e. The SMILES string of the molecule is CN(C(=O)CCN1CCCS1(=O)=O)C1CCNC1. The van der Waals surface area contributed by atoms with E-state index >= 15 is 0 Å². The van der Waals surface area contributed by atoms with Crippen molar-refractivity contribution in [2.75, 3.05) is 39.0 Å². The van der Waals surface area contributed by atoms with Crippen LogP contribution in [0.2, 0.25) is 0 Å². The number of nitrogens with one attached hydrogen (secondary N) is 1. The first-order chi connectivity index (χ1) is 8.50. The second-order valence-electron chi connectivity index (χ2n) is 4.97. The van der Waals surface area contributed by atoms with Gasteiger partial charge >= 0.3 is 0 Å². The molecule has 2 heterocycles. The Bertz CT molecular complexity index is 404. The first kappa shape index (κ1) is 13.8. The standard InChI is InChI=1S/C11H21N3O3S/c1-13(10-3-5-12-9-10)11(15)4-7-14-6-2-8-18(14,16)17/h10,12H,2-9H2,1H3. The van der Waals surface area contributed by atoms with Gasteiger partial charge in [-0.15, -0.1) is 0 Å². The molecule has 0 bridgehead atoms. The Balaban J connectivity index is 1.81. The summed E-state index contributed by atoms with van der Waals surface area (Å²) < 4.78 is 24.6. The lowest BCUT2D eigenvalue weighted by Gasteiger charge is -2.24. The van der Waals surface area contributed by atoms with Crippen LogP contribution in [0.15, 0.2) is 0 Å². The van der Waals surface area contributed by atoms with Crippen LogP contribution >= 0.6 is 0 Å². The predicted octanol–water partition coefficient (Wildman–Crippen LogP) is -0.768. The van der Waals surface area contributed by atoms with Crippen LogP contribution in [-0.4, -0.2) is 68.6 Å². The molecule has 1 atom stereocenters. The molecule has 18 heavy (non-hydrogen) atoms. The summed E-state index contributed by atoms with van der Waals surface area (Å²) in [7, 11) is -1.27. The average molecular weight is 275 g/mol. The summed E-state index contributed by atoms with van der Waals surface area (Å²) >= 11 is 0. The van der Waals surface area contributed by atoms with Gasteiger partial charge in [-0.2, -0.15) is 0 Å². The zero-order valence-corrected chi connectivity index (χ0v) is 11.6. The number of amides is 1. The Hall–Kier alpha value is -0.660. The number of rotatable bonds is 4. The fourth-order valence-electron chi connectivity index (χ4n) is 2.51. The molecule has 0 saturated carbocycles. The summed E-state index contributed by atoms with van der Waals surface area (Å²) in [5.74, 6) is 0.259. The summed E-state index contributed by atoms with van der Waals surface area (Å²) in [5, 5.41) is 3.22. The average Bonchev–Trinajstić information content (AvgIpc) is 2.94. The Morgan fingerprint density at radius 1 is 1.50 bits per heavy atom. The van der Waals surface area contributed by atoms with E-state index in [2.05, 4.69) is 5.32 Å². The van der Waals surface area contributed by atoms with Crippen molar-refractivity contribution in [2.24, 2.45) is 0 Å². The van der Waals surface area contributed by atoms with E-state index in [1.807, 2.05) is 0 Å². The highest BCUT2D eigenvalue weighted by Crippen LogP contribution is 2.14. The van der Waals surface area contributed by atoms with Gasteiger partial charge < -0.3 is 10.2 Å². The fourth-order valence-corrected chi connectivity index (χ4v) is 4.04. The minimum absolute atomic E-state index is 0.0331. The molecule has 6 nitrogen and oxygen atoms in total. The topological polar surface area (TPSA) is 69.7 Å². The number of nitrogens with zero attached hydrogens (tertiary/aromatic N) is 2. The third-order valence-corrected chi connectivity index (χ3v) is 5.71. The third kappa shape index (κ3) is 3.02. The third-order valence-electron chi connectivity index (χ3n) is 3.75. The van der Waals surface area contributed by atoms with Crippen LogP contribution in [-0.2, 0) is 14.8 Å². The Labute approximate surface area is 108 Å². The van der Waals surface area contributed by atoms with Crippen molar-refractivity contribution in [1.82, 2.24) is 14.5 Å². The van der Waals surface area contributed by atoms with E-state index in [0.717, 1.165) is 19.5 Å². The molecule has 0 aromatic heterocycles. The van der Waals surface area contributed by atoms with Gasteiger partial charge in [0.15, 0.2) is 0 Å². The monoisotopic (exact) mass is 275 g/mol. The molecule has 0 aromatic carbocycles. The van der Waals surface area contributed by atoms with Crippen LogP contribution in [0.4, 0.5) is 0 Å². The zero-order valence-electron chi connectivity index (χ0n) is 10.8.